The molecule has 1 aliphatic heterocycles. The Labute approximate surface area is 108 Å². The van der Waals surface area contributed by atoms with Crippen LogP contribution in [0.4, 0.5) is 0 Å². The van der Waals surface area contributed by atoms with Gasteiger partial charge in [0.1, 0.15) is 0 Å². The van der Waals surface area contributed by atoms with Gasteiger partial charge in [0.05, 0.1) is 25.4 Å². The maximum atomic E-state index is 12.0. The van der Waals surface area contributed by atoms with E-state index in [1.165, 1.54) is 10.6 Å². The molecule has 0 aromatic heterocycles. The Kier molecular flexibility index (Phi) is 4.24. The van der Waals surface area contributed by atoms with Gasteiger partial charge in [-0.1, -0.05) is 6.42 Å². The van der Waals surface area contributed by atoms with Crippen molar-refractivity contribution < 1.29 is 17.9 Å². The summed E-state index contributed by atoms with van der Waals surface area (Å²) in [5.41, 5.74) is 0. The number of hydrogen-bond donors (Lipinski definition) is 1. The number of rotatable bonds is 1. The number of hydrogen-bond acceptors (Lipinski definition) is 4. The van der Waals surface area contributed by atoms with Gasteiger partial charge >= 0.3 is 0 Å². The normalized spacial score (nSPS) is 31.7. The first-order valence-electron chi connectivity index (χ1n) is 6.32. The summed E-state index contributed by atoms with van der Waals surface area (Å²) in [6.07, 6.45) is 3.62. The Balaban J connectivity index is 2.23. The smallest absolute Gasteiger partial charge is 0.224 e. The maximum Gasteiger partial charge on any atom is 0.224 e. The van der Waals surface area contributed by atoms with E-state index in [9.17, 15) is 13.2 Å². The molecular weight excluding hydrogens is 256 g/mol. The Morgan fingerprint density at radius 2 is 2.11 bits per heavy atom. The van der Waals surface area contributed by atoms with Crippen LogP contribution in [0.3, 0.4) is 0 Å². The van der Waals surface area contributed by atoms with Crippen molar-refractivity contribution in [3.05, 3.63) is 0 Å². The Morgan fingerprint density at radius 1 is 1.33 bits per heavy atom. The molecule has 7 heteroatoms. The first-order chi connectivity index (χ1) is 8.50. The van der Waals surface area contributed by atoms with Gasteiger partial charge in [0.25, 0.3) is 0 Å². The summed E-state index contributed by atoms with van der Waals surface area (Å²) >= 11 is 0. The maximum absolute atomic E-state index is 12.0. The van der Waals surface area contributed by atoms with Crippen molar-refractivity contribution >= 4 is 15.9 Å². The van der Waals surface area contributed by atoms with E-state index in [1.807, 2.05) is 0 Å². The molecule has 0 aromatic carbocycles. The summed E-state index contributed by atoms with van der Waals surface area (Å²) in [6, 6.07) is -0.207. The SMILES string of the molecule is CS(=O)(=O)N1CCOCCNC(=O)[C@@H]2CCC[C@@H]21. The van der Waals surface area contributed by atoms with Gasteiger partial charge in [-0.25, -0.2) is 8.42 Å². The molecule has 2 aliphatic rings. The summed E-state index contributed by atoms with van der Waals surface area (Å²) in [5.74, 6) is -0.255. The largest absolute Gasteiger partial charge is 0.378 e. The standard InChI is InChI=1S/C11H20N2O4S/c1-18(15,16)13-6-8-17-7-5-12-11(14)9-3-2-4-10(9)13/h9-10H,2-8H2,1H3,(H,12,14)/t9-,10+/m1/s1. The third kappa shape index (κ3) is 3.02. The summed E-state index contributed by atoms with van der Waals surface area (Å²) < 4.78 is 30.4. The fraction of sp³-hybridized carbons (Fsp3) is 0.909. The molecule has 104 valence electrons. The van der Waals surface area contributed by atoms with Gasteiger partial charge in [-0.05, 0) is 12.8 Å². The van der Waals surface area contributed by atoms with Crippen LogP contribution in [-0.2, 0) is 19.6 Å². The predicted octanol–water partition coefficient (Wildman–Crippen LogP) is -0.437. The van der Waals surface area contributed by atoms with Crippen molar-refractivity contribution in [1.29, 1.82) is 0 Å². The van der Waals surface area contributed by atoms with Gasteiger partial charge in [0.2, 0.25) is 15.9 Å². The van der Waals surface area contributed by atoms with Crippen LogP contribution in [0.25, 0.3) is 0 Å². The minimum absolute atomic E-state index is 0.0448. The average Bonchev–Trinajstić information content (AvgIpc) is 2.74. The summed E-state index contributed by atoms with van der Waals surface area (Å²) in [7, 11) is -3.30. The van der Waals surface area contributed by atoms with Crippen LogP contribution >= 0.6 is 0 Å². The summed E-state index contributed by atoms with van der Waals surface area (Å²) in [4.78, 5) is 12.0. The highest BCUT2D eigenvalue weighted by Crippen LogP contribution is 2.31. The highest BCUT2D eigenvalue weighted by molar-refractivity contribution is 7.88. The topological polar surface area (TPSA) is 75.7 Å². The molecule has 2 fully saturated rings. The first-order valence-corrected chi connectivity index (χ1v) is 8.17. The second-order valence-electron chi connectivity index (χ2n) is 4.88. The van der Waals surface area contributed by atoms with E-state index >= 15 is 0 Å². The van der Waals surface area contributed by atoms with Crippen LogP contribution in [-0.4, -0.2) is 57.2 Å². The van der Waals surface area contributed by atoms with Crippen LogP contribution < -0.4 is 5.32 Å². The van der Waals surface area contributed by atoms with Gasteiger partial charge in [0, 0.05) is 19.1 Å². The molecule has 18 heavy (non-hydrogen) atoms. The number of fused-ring (bicyclic) bond motifs is 1. The number of ether oxygens (including phenoxy) is 1. The van der Waals surface area contributed by atoms with Gasteiger partial charge in [-0.2, -0.15) is 4.31 Å². The van der Waals surface area contributed by atoms with Gasteiger partial charge in [0.15, 0.2) is 0 Å². The molecule has 0 radical (unpaired) electrons. The van der Waals surface area contributed by atoms with Crippen molar-refractivity contribution in [2.75, 3.05) is 32.6 Å². The van der Waals surface area contributed by atoms with Crippen LogP contribution in [0.15, 0.2) is 0 Å². The molecular formula is C11H20N2O4S. The van der Waals surface area contributed by atoms with Crippen molar-refractivity contribution in [3.63, 3.8) is 0 Å². The van der Waals surface area contributed by atoms with E-state index in [0.29, 0.717) is 26.3 Å². The minimum Gasteiger partial charge on any atom is -0.378 e. The zero-order valence-electron chi connectivity index (χ0n) is 10.6. The lowest BCUT2D eigenvalue weighted by molar-refractivity contribution is -0.126. The molecule has 0 aromatic rings. The number of nitrogens with zero attached hydrogens (tertiary/aromatic N) is 1. The average molecular weight is 276 g/mol. The van der Waals surface area contributed by atoms with Gasteiger partial charge < -0.3 is 10.1 Å². The Bertz CT molecular complexity index is 409. The van der Waals surface area contributed by atoms with Crippen LogP contribution in [0.1, 0.15) is 19.3 Å². The van der Waals surface area contributed by atoms with Crippen molar-refractivity contribution in [1.82, 2.24) is 9.62 Å². The van der Waals surface area contributed by atoms with Crippen LogP contribution in [0, 0.1) is 5.92 Å². The van der Waals surface area contributed by atoms with Crippen molar-refractivity contribution in [2.45, 2.75) is 25.3 Å². The third-order valence-corrected chi connectivity index (χ3v) is 4.92. The number of amides is 1. The third-order valence-electron chi connectivity index (χ3n) is 3.61. The molecule has 2 rings (SSSR count). The quantitative estimate of drug-likeness (QED) is 0.705. The number of carbonyl (C=O) groups excluding carboxylic acids is 1. The second kappa shape index (κ2) is 5.54. The molecule has 1 heterocycles. The fourth-order valence-electron chi connectivity index (χ4n) is 2.80. The van der Waals surface area contributed by atoms with E-state index in [2.05, 4.69) is 5.32 Å². The first kappa shape index (κ1) is 13.8. The number of nitrogens with one attached hydrogen (secondary N) is 1. The minimum atomic E-state index is -3.30. The lowest BCUT2D eigenvalue weighted by atomic mass is 10.0. The predicted molar refractivity (Wildman–Crippen MR) is 66.5 cm³/mol. The van der Waals surface area contributed by atoms with Crippen LogP contribution in [0.2, 0.25) is 0 Å². The zero-order chi connectivity index (χ0) is 13.2. The zero-order valence-corrected chi connectivity index (χ0v) is 11.4. The lowest BCUT2D eigenvalue weighted by Crippen LogP contribution is -2.49. The lowest BCUT2D eigenvalue weighted by Gasteiger charge is -2.31. The number of carbonyl (C=O) groups is 1. The molecule has 0 unspecified atom stereocenters. The fourth-order valence-corrected chi connectivity index (χ4v) is 3.95. The Morgan fingerprint density at radius 3 is 2.83 bits per heavy atom. The molecule has 1 amide bonds. The number of sulfonamides is 1. The molecule has 6 nitrogen and oxygen atoms in total. The highest BCUT2D eigenvalue weighted by Gasteiger charge is 2.40. The van der Waals surface area contributed by atoms with Crippen molar-refractivity contribution in [3.8, 4) is 0 Å². The molecule has 1 saturated carbocycles. The van der Waals surface area contributed by atoms with Gasteiger partial charge in [-0.3, -0.25) is 4.79 Å². The van der Waals surface area contributed by atoms with E-state index in [4.69, 9.17) is 4.74 Å². The molecule has 1 aliphatic carbocycles. The molecule has 1 N–H and O–H groups in total. The van der Waals surface area contributed by atoms with E-state index in [-0.39, 0.29) is 17.9 Å². The molecule has 1 saturated heterocycles. The molecule has 0 bridgehead atoms. The second-order valence-corrected chi connectivity index (χ2v) is 6.82. The van der Waals surface area contributed by atoms with E-state index in [1.54, 1.807) is 0 Å². The summed E-state index contributed by atoms with van der Waals surface area (Å²) in [5, 5.41) is 2.81. The van der Waals surface area contributed by atoms with Crippen molar-refractivity contribution in [2.24, 2.45) is 5.92 Å². The summed E-state index contributed by atoms with van der Waals surface area (Å²) in [6.45, 7) is 1.65. The van der Waals surface area contributed by atoms with Crippen LogP contribution in [0.5, 0.6) is 0 Å². The van der Waals surface area contributed by atoms with E-state index < -0.39 is 10.0 Å². The van der Waals surface area contributed by atoms with Gasteiger partial charge in [-0.15, -0.1) is 0 Å². The molecule has 2 atom stereocenters. The Hall–Kier alpha value is -0.660. The monoisotopic (exact) mass is 276 g/mol. The highest BCUT2D eigenvalue weighted by atomic mass is 32.2. The van der Waals surface area contributed by atoms with E-state index in [0.717, 1.165) is 19.3 Å². The molecule has 0 spiro atoms.